The maximum atomic E-state index is 11.8. The second-order valence-electron chi connectivity index (χ2n) is 6.93. The number of amides is 1. The van der Waals surface area contributed by atoms with Crippen molar-refractivity contribution in [1.82, 2.24) is 5.32 Å². The van der Waals surface area contributed by atoms with Crippen LogP contribution >= 0.6 is 0 Å². The third-order valence-electron chi connectivity index (χ3n) is 5.63. The summed E-state index contributed by atoms with van der Waals surface area (Å²) in [7, 11) is 1.65. The summed E-state index contributed by atoms with van der Waals surface area (Å²) in [6.07, 6.45) is 4.54. The lowest BCUT2D eigenvalue weighted by atomic mass is 9.59. The zero-order valence-corrected chi connectivity index (χ0v) is 14.2. The number of methoxy groups -OCH3 is 1. The molecule has 0 unspecified atom stereocenters. The zero-order valence-electron chi connectivity index (χ0n) is 14.2. The minimum Gasteiger partial charge on any atom is -0.423 e. The highest BCUT2D eigenvalue weighted by molar-refractivity contribution is 5.94. The maximum absolute atomic E-state index is 11.8. The van der Waals surface area contributed by atoms with Crippen LogP contribution in [0.2, 0.25) is 0 Å². The molecule has 0 saturated carbocycles. The molecular weight excluding hydrogens is 294 g/mol. The quantitative estimate of drug-likeness (QED) is 0.793. The van der Waals surface area contributed by atoms with E-state index in [4.69, 9.17) is 9.47 Å². The van der Waals surface area contributed by atoms with Crippen LogP contribution in [0.15, 0.2) is 34.6 Å². The first-order valence-electron chi connectivity index (χ1n) is 7.94. The van der Waals surface area contributed by atoms with Crippen LogP contribution in [0.5, 0.6) is 0 Å². The summed E-state index contributed by atoms with van der Waals surface area (Å²) < 4.78 is 10.9. The standard InChI is InChI=1S/C18H23NO4/c1-9-13-8-18(4)10(2)16(19-11(3)20)15(22-5)7-12(18)6-14(13)23-17(9)21/h6-7,10,15-16H,8H2,1-5H3,(H,19,20)/t10-,15+,16+,18+/m0/s1. The lowest BCUT2D eigenvalue weighted by molar-refractivity contribution is -0.133. The van der Waals surface area contributed by atoms with Crippen molar-refractivity contribution in [2.75, 3.05) is 7.11 Å². The van der Waals surface area contributed by atoms with Gasteiger partial charge in [-0.05, 0) is 37.0 Å². The Labute approximate surface area is 136 Å². The van der Waals surface area contributed by atoms with Gasteiger partial charge in [-0.2, -0.15) is 0 Å². The van der Waals surface area contributed by atoms with Crippen molar-refractivity contribution in [2.24, 2.45) is 11.3 Å². The highest BCUT2D eigenvalue weighted by Crippen LogP contribution is 2.53. The lowest BCUT2D eigenvalue weighted by Gasteiger charge is -2.49. The molecular formula is C18H23NO4. The summed E-state index contributed by atoms with van der Waals surface area (Å²) in [5.41, 5.74) is 2.61. The average molecular weight is 317 g/mol. The molecule has 1 amide bonds. The van der Waals surface area contributed by atoms with Crippen molar-refractivity contribution in [3.8, 4) is 0 Å². The van der Waals surface area contributed by atoms with Gasteiger partial charge in [-0.3, -0.25) is 4.79 Å². The fourth-order valence-corrected chi connectivity index (χ4v) is 3.94. The summed E-state index contributed by atoms with van der Waals surface area (Å²) in [6.45, 7) is 7.65. The summed E-state index contributed by atoms with van der Waals surface area (Å²) in [5, 5.41) is 3.03. The molecule has 0 saturated heterocycles. The van der Waals surface area contributed by atoms with Crippen LogP contribution in [-0.4, -0.2) is 31.1 Å². The Morgan fingerprint density at radius 1 is 1.48 bits per heavy atom. The Kier molecular flexibility index (Phi) is 3.71. The first-order chi connectivity index (χ1) is 10.8. The van der Waals surface area contributed by atoms with Crippen molar-refractivity contribution < 1.29 is 19.1 Å². The van der Waals surface area contributed by atoms with E-state index >= 15 is 0 Å². The van der Waals surface area contributed by atoms with Crippen LogP contribution in [0.25, 0.3) is 0 Å². The Balaban J connectivity index is 2.08. The van der Waals surface area contributed by atoms with Gasteiger partial charge in [0.1, 0.15) is 5.76 Å². The van der Waals surface area contributed by atoms with Crippen molar-refractivity contribution in [3.63, 3.8) is 0 Å². The molecule has 5 nitrogen and oxygen atoms in total. The van der Waals surface area contributed by atoms with Crippen LogP contribution in [0.3, 0.4) is 0 Å². The van der Waals surface area contributed by atoms with Gasteiger partial charge < -0.3 is 14.8 Å². The van der Waals surface area contributed by atoms with Crippen molar-refractivity contribution >= 4 is 11.9 Å². The molecule has 0 spiro atoms. The van der Waals surface area contributed by atoms with E-state index in [-0.39, 0.29) is 35.4 Å². The highest BCUT2D eigenvalue weighted by atomic mass is 16.5. The summed E-state index contributed by atoms with van der Waals surface area (Å²) >= 11 is 0. The van der Waals surface area contributed by atoms with Gasteiger partial charge in [0.25, 0.3) is 0 Å². The fourth-order valence-electron chi connectivity index (χ4n) is 3.94. The molecule has 0 bridgehead atoms. The maximum Gasteiger partial charge on any atom is 0.339 e. The van der Waals surface area contributed by atoms with E-state index in [1.54, 1.807) is 7.11 Å². The van der Waals surface area contributed by atoms with E-state index in [0.29, 0.717) is 11.3 Å². The van der Waals surface area contributed by atoms with E-state index in [9.17, 15) is 9.59 Å². The van der Waals surface area contributed by atoms with Crippen molar-refractivity contribution in [2.45, 2.75) is 46.3 Å². The van der Waals surface area contributed by atoms with Crippen LogP contribution in [0, 0.1) is 11.3 Å². The largest absolute Gasteiger partial charge is 0.423 e. The molecule has 5 heteroatoms. The number of ether oxygens (including phenoxy) is 2. The third-order valence-corrected chi connectivity index (χ3v) is 5.63. The Morgan fingerprint density at radius 3 is 2.78 bits per heavy atom. The molecule has 0 aromatic carbocycles. The molecule has 2 aliphatic carbocycles. The van der Waals surface area contributed by atoms with Gasteiger partial charge in [-0.15, -0.1) is 0 Å². The number of allylic oxidation sites excluding steroid dienone is 3. The smallest absolute Gasteiger partial charge is 0.339 e. The predicted octanol–water partition coefficient (Wildman–Crippen LogP) is 2.25. The topological polar surface area (TPSA) is 64.6 Å². The molecule has 0 aromatic heterocycles. The minimum atomic E-state index is -0.261. The van der Waals surface area contributed by atoms with Gasteiger partial charge in [0.05, 0.1) is 12.1 Å². The summed E-state index contributed by atoms with van der Waals surface area (Å²) in [4.78, 5) is 23.4. The number of carbonyl (C=O) groups is 2. The van der Waals surface area contributed by atoms with Crippen LogP contribution in [0.1, 0.15) is 34.1 Å². The molecule has 124 valence electrons. The van der Waals surface area contributed by atoms with E-state index in [0.717, 1.165) is 17.6 Å². The van der Waals surface area contributed by atoms with E-state index in [2.05, 4.69) is 19.2 Å². The normalized spacial score (nSPS) is 35.9. The number of fused-ring (bicyclic) bond motifs is 2. The Morgan fingerprint density at radius 2 is 2.17 bits per heavy atom. The van der Waals surface area contributed by atoms with Crippen molar-refractivity contribution in [3.05, 3.63) is 34.6 Å². The van der Waals surface area contributed by atoms with Crippen LogP contribution in [-0.2, 0) is 19.1 Å². The zero-order chi connectivity index (χ0) is 16.9. The molecule has 1 heterocycles. The summed E-state index contributed by atoms with van der Waals surface area (Å²) in [6, 6.07) is -0.0971. The lowest BCUT2D eigenvalue weighted by Crippen LogP contribution is -2.55. The molecule has 23 heavy (non-hydrogen) atoms. The summed E-state index contributed by atoms with van der Waals surface area (Å²) in [5.74, 6) is 0.496. The first kappa shape index (κ1) is 16.0. The van der Waals surface area contributed by atoms with Crippen LogP contribution < -0.4 is 5.32 Å². The van der Waals surface area contributed by atoms with E-state index < -0.39 is 0 Å². The van der Waals surface area contributed by atoms with Gasteiger partial charge in [-0.1, -0.05) is 13.8 Å². The monoisotopic (exact) mass is 317 g/mol. The van der Waals surface area contributed by atoms with Gasteiger partial charge in [0.2, 0.25) is 5.91 Å². The third kappa shape index (κ3) is 2.34. The Hall–Kier alpha value is -1.88. The van der Waals surface area contributed by atoms with Crippen LogP contribution in [0.4, 0.5) is 0 Å². The molecule has 1 aliphatic heterocycles. The van der Waals surface area contributed by atoms with E-state index in [1.165, 1.54) is 6.92 Å². The molecule has 0 aromatic rings. The highest BCUT2D eigenvalue weighted by Gasteiger charge is 2.49. The molecule has 1 N–H and O–H groups in total. The van der Waals surface area contributed by atoms with Gasteiger partial charge in [0.15, 0.2) is 0 Å². The number of nitrogens with one attached hydrogen (secondary N) is 1. The molecule has 0 radical (unpaired) electrons. The number of carbonyl (C=O) groups excluding carboxylic acids is 2. The fraction of sp³-hybridized carbons (Fsp3) is 0.556. The SMILES string of the molecule is CO[C@@H]1C=C2C=C3OC(=O)C(C)=C3C[C@]2(C)[C@@H](C)[C@H]1NC(C)=O. The number of rotatable bonds is 2. The molecule has 0 fully saturated rings. The minimum absolute atomic E-state index is 0.0637. The molecule has 3 rings (SSSR count). The number of hydrogen-bond acceptors (Lipinski definition) is 4. The number of hydrogen-bond donors (Lipinski definition) is 1. The Bertz CT molecular complexity index is 673. The predicted molar refractivity (Wildman–Crippen MR) is 85.2 cm³/mol. The second-order valence-corrected chi connectivity index (χ2v) is 6.93. The number of esters is 1. The van der Waals surface area contributed by atoms with Gasteiger partial charge in [-0.25, -0.2) is 4.79 Å². The van der Waals surface area contributed by atoms with Gasteiger partial charge >= 0.3 is 5.97 Å². The molecule has 3 aliphatic rings. The van der Waals surface area contributed by atoms with E-state index in [1.807, 2.05) is 19.1 Å². The van der Waals surface area contributed by atoms with Gasteiger partial charge in [0, 0.05) is 30.6 Å². The first-order valence-corrected chi connectivity index (χ1v) is 7.94. The van der Waals surface area contributed by atoms with Crippen molar-refractivity contribution in [1.29, 1.82) is 0 Å². The average Bonchev–Trinajstić information content (AvgIpc) is 2.75. The molecule has 4 atom stereocenters. The second kappa shape index (κ2) is 5.34.